The fraction of sp³-hybridized carbons (Fsp3) is 0.348. The van der Waals surface area contributed by atoms with Gasteiger partial charge in [-0.05, 0) is 31.0 Å². The van der Waals surface area contributed by atoms with Crippen LogP contribution >= 0.6 is 0 Å². The molecule has 7 heteroatoms. The second-order valence-electron chi connectivity index (χ2n) is 7.20. The number of amides is 3. The Labute approximate surface area is 176 Å². The molecule has 3 amide bonds. The second kappa shape index (κ2) is 9.91. The zero-order chi connectivity index (χ0) is 21.5. The zero-order valence-electron chi connectivity index (χ0n) is 17.4. The van der Waals surface area contributed by atoms with Crippen LogP contribution in [0.15, 0.2) is 48.5 Å². The van der Waals surface area contributed by atoms with E-state index in [1.165, 1.54) is 9.80 Å². The number of hydrogen-bond donors (Lipinski definition) is 1. The van der Waals surface area contributed by atoms with Crippen LogP contribution in [0.25, 0.3) is 0 Å². The van der Waals surface area contributed by atoms with E-state index in [2.05, 4.69) is 5.32 Å². The number of aryl methyl sites for hydroxylation is 1. The van der Waals surface area contributed by atoms with Crippen molar-refractivity contribution in [3.8, 4) is 5.75 Å². The summed E-state index contributed by atoms with van der Waals surface area (Å²) < 4.78 is 5.55. The highest BCUT2D eigenvalue weighted by Gasteiger charge is 2.33. The SMILES string of the molecule is CCOc1ccccc1CNC(=O)CN1CCN(Cc2ccccc2C)C(=O)C1=O. The molecule has 1 N–H and O–H groups in total. The first-order valence-corrected chi connectivity index (χ1v) is 10.1. The van der Waals surface area contributed by atoms with Crippen LogP contribution in [-0.2, 0) is 27.5 Å². The van der Waals surface area contributed by atoms with Crippen molar-refractivity contribution in [3.05, 3.63) is 65.2 Å². The number of nitrogens with zero attached hydrogens (tertiary/aromatic N) is 2. The number of benzene rings is 2. The number of nitrogens with one attached hydrogen (secondary N) is 1. The van der Waals surface area contributed by atoms with Gasteiger partial charge in [-0.25, -0.2) is 0 Å². The molecule has 1 fully saturated rings. The van der Waals surface area contributed by atoms with Crippen molar-refractivity contribution in [3.63, 3.8) is 0 Å². The number of rotatable bonds is 8. The third kappa shape index (κ3) is 5.17. The topological polar surface area (TPSA) is 79.0 Å². The van der Waals surface area contributed by atoms with Gasteiger partial charge in [-0.2, -0.15) is 0 Å². The molecule has 1 saturated heterocycles. The van der Waals surface area contributed by atoms with E-state index in [4.69, 9.17) is 4.74 Å². The summed E-state index contributed by atoms with van der Waals surface area (Å²) in [6.07, 6.45) is 0. The molecule has 0 bridgehead atoms. The summed E-state index contributed by atoms with van der Waals surface area (Å²) in [5.41, 5.74) is 2.95. The first-order valence-electron chi connectivity index (χ1n) is 10.1. The molecule has 0 aliphatic carbocycles. The largest absolute Gasteiger partial charge is 0.494 e. The lowest BCUT2D eigenvalue weighted by molar-refractivity contribution is -0.157. The molecule has 2 aromatic carbocycles. The van der Waals surface area contributed by atoms with Gasteiger partial charge in [0.15, 0.2) is 0 Å². The molecule has 0 spiro atoms. The molecular weight excluding hydrogens is 382 g/mol. The number of carbonyl (C=O) groups is 3. The maximum atomic E-state index is 12.5. The molecule has 1 heterocycles. The van der Waals surface area contributed by atoms with Crippen molar-refractivity contribution in [2.24, 2.45) is 0 Å². The van der Waals surface area contributed by atoms with Crippen molar-refractivity contribution in [1.82, 2.24) is 15.1 Å². The highest BCUT2D eigenvalue weighted by molar-refractivity contribution is 6.35. The molecule has 0 aromatic heterocycles. The van der Waals surface area contributed by atoms with Gasteiger partial charge in [0.25, 0.3) is 0 Å². The van der Waals surface area contributed by atoms with Crippen molar-refractivity contribution >= 4 is 17.7 Å². The molecule has 0 radical (unpaired) electrons. The van der Waals surface area contributed by atoms with Gasteiger partial charge in [-0.1, -0.05) is 42.5 Å². The van der Waals surface area contributed by atoms with Crippen molar-refractivity contribution in [2.75, 3.05) is 26.2 Å². The first kappa shape index (κ1) is 21.4. The maximum absolute atomic E-state index is 12.5. The quantitative estimate of drug-likeness (QED) is 0.676. The van der Waals surface area contributed by atoms with E-state index in [0.29, 0.717) is 32.8 Å². The normalized spacial score (nSPS) is 14.1. The molecule has 0 unspecified atom stereocenters. The summed E-state index contributed by atoms with van der Waals surface area (Å²) in [7, 11) is 0. The van der Waals surface area contributed by atoms with Gasteiger partial charge in [0.1, 0.15) is 12.3 Å². The third-order valence-electron chi connectivity index (χ3n) is 5.10. The van der Waals surface area contributed by atoms with Crippen LogP contribution in [0.2, 0.25) is 0 Å². The lowest BCUT2D eigenvalue weighted by atomic mass is 10.1. The van der Waals surface area contributed by atoms with Gasteiger partial charge in [0.05, 0.1) is 6.61 Å². The van der Waals surface area contributed by atoms with Crippen LogP contribution in [-0.4, -0.2) is 53.8 Å². The average Bonchev–Trinajstić information content (AvgIpc) is 2.74. The summed E-state index contributed by atoms with van der Waals surface area (Å²) in [6, 6.07) is 15.3. The van der Waals surface area contributed by atoms with Crippen LogP contribution in [0.5, 0.6) is 5.75 Å². The number of carbonyl (C=O) groups excluding carboxylic acids is 3. The summed E-state index contributed by atoms with van der Waals surface area (Å²) >= 11 is 0. The lowest BCUT2D eigenvalue weighted by Crippen LogP contribution is -2.55. The van der Waals surface area contributed by atoms with E-state index < -0.39 is 11.8 Å². The Balaban J connectivity index is 1.53. The van der Waals surface area contributed by atoms with E-state index in [1.54, 1.807) is 0 Å². The molecule has 7 nitrogen and oxygen atoms in total. The van der Waals surface area contributed by atoms with Crippen LogP contribution in [0.4, 0.5) is 0 Å². The lowest BCUT2D eigenvalue weighted by Gasteiger charge is -2.33. The van der Waals surface area contributed by atoms with E-state index in [-0.39, 0.29) is 12.5 Å². The summed E-state index contributed by atoms with van der Waals surface area (Å²) in [4.78, 5) is 40.2. The van der Waals surface area contributed by atoms with Gasteiger partial charge in [-0.15, -0.1) is 0 Å². The van der Waals surface area contributed by atoms with E-state index in [9.17, 15) is 14.4 Å². The van der Waals surface area contributed by atoms with Crippen LogP contribution in [0, 0.1) is 6.92 Å². The Morgan fingerprint density at radius 2 is 1.60 bits per heavy atom. The molecule has 30 heavy (non-hydrogen) atoms. The fourth-order valence-electron chi connectivity index (χ4n) is 3.38. The maximum Gasteiger partial charge on any atom is 0.312 e. The van der Waals surface area contributed by atoms with Gasteiger partial charge in [-0.3, -0.25) is 14.4 Å². The Hall–Kier alpha value is -3.35. The molecular formula is C23H27N3O4. The molecule has 158 valence electrons. The van der Waals surface area contributed by atoms with Crippen molar-refractivity contribution < 1.29 is 19.1 Å². The van der Waals surface area contributed by atoms with E-state index >= 15 is 0 Å². The molecule has 3 rings (SSSR count). The smallest absolute Gasteiger partial charge is 0.312 e. The Morgan fingerprint density at radius 1 is 0.967 bits per heavy atom. The summed E-state index contributed by atoms with van der Waals surface area (Å²) in [5, 5.41) is 2.80. The number of piperazine rings is 1. The molecule has 1 aliphatic heterocycles. The Bertz CT molecular complexity index is 928. The van der Waals surface area contributed by atoms with Gasteiger partial charge in [0.2, 0.25) is 5.91 Å². The van der Waals surface area contributed by atoms with E-state index in [0.717, 1.165) is 22.4 Å². The molecule has 0 saturated carbocycles. The minimum atomic E-state index is -0.639. The predicted octanol–water partition coefficient (Wildman–Crippen LogP) is 1.88. The standard InChI is InChI=1S/C23H27N3O4/c1-3-30-20-11-7-6-9-18(20)14-24-21(27)16-26-13-12-25(22(28)23(26)29)15-19-10-5-4-8-17(19)2/h4-11H,3,12-16H2,1-2H3,(H,24,27). The molecule has 1 aliphatic rings. The minimum Gasteiger partial charge on any atom is -0.494 e. The Kier molecular flexibility index (Phi) is 7.06. The number of hydrogen-bond acceptors (Lipinski definition) is 4. The average molecular weight is 409 g/mol. The number of para-hydroxylation sites is 1. The van der Waals surface area contributed by atoms with Crippen molar-refractivity contribution in [1.29, 1.82) is 0 Å². The van der Waals surface area contributed by atoms with Gasteiger partial charge < -0.3 is 19.9 Å². The monoisotopic (exact) mass is 409 g/mol. The van der Waals surface area contributed by atoms with Crippen LogP contribution in [0.3, 0.4) is 0 Å². The molecule has 0 atom stereocenters. The fourth-order valence-corrected chi connectivity index (χ4v) is 3.38. The van der Waals surface area contributed by atoms with Crippen molar-refractivity contribution in [2.45, 2.75) is 26.9 Å². The zero-order valence-corrected chi connectivity index (χ0v) is 17.4. The van der Waals surface area contributed by atoms with Gasteiger partial charge >= 0.3 is 11.8 Å². The summed E-state index contributed by atoms with van der Waals surface area (Å²) in [6.45, 7) is 5.70. The van der Waals surface area contributed by atoms with Crippen LogP contribution in [0.1, 0.15) is 23.6 Å². The first-order chi connectivity index (χ1) is 14.5. The Morgan fingerprint density at radius 3 is 2.33 bits per heavy atom. The highest BCUT2D eigenvalue weighted by atomic mass is 16.5. The van der Waals surface area contributed by atoms with E-state index in [1.807, 2.05) is 62.4 Å². The van der Waals surface area contributed by atoms with Crippen LogP contribution < -0.4 is 10.1 Å². The predicted molar refractivity (Wildman–Crippen MR) is 113 cm³/mol. The minimum absolute atomic E-state index is 0.139. The third-order valence-corrected chi connectivity index (χ3v) is 5.10. The molecule has 2 aromatic rings. The number of ether oxygens (including phenoxy) is 1. The second-order valence-corrected chi connectivity index (χ2v) is 7.20. The van der Waals surface area contributed by atoms with Gasteiger partial charge in [0, 0.05) is 31.7 Å². The summed E-state index contributed by atoms with van der Waals surface area (Å²) in [5.74, 6) is -0.801. The highest BCUT2D eigenvalue weighted by Crippen LogP contribution is 2.18.